The highest BCUT2D eigenvalue weighted by molar-refractivity contribution is 5.94. The SMILES string of the molecule is CCCN(C(=O)c1ccoc1)C1CCNCC1. The van der Waals surface area contributed by atoms with Crippen molar-refractivity contribution >= 4 is 5.91 Å². The number of piperidine rings is 1. The molecule has 1 aliphatic heterocycles. The average Bonchev–Trinajstić information content (AvgIpc) is 2.90. The second-order valence-corrected chi connectivity index (χ2v) is 4.49. The predicted molar refractivity (Wildman–Crippen MR) is 65.9 cm³/mol. The van der Waals surface area contributed by atoms with Crippen molar-refractivity contribution in [2.75, 3.05) is 19.6 Å². The summed E-state index contributed by atoms with van der Waals surface area (Å²) < 4.78 is 4.99. The number of carbonyl (C=O) groups is 1. The number of nitrogens with zero attached hydrogens (tertiary/aromatic N) is 1. The summed E-state index contributed by atoms with van der Waals surface area (Å²) >= 11 is 0. The molecule has 1 amide bonds. The molecule has 1 saturated heterocycles. The lowest BCUT2D eigenvalue weighted by atomic mass is 10.0. The van der Waals surface area contributed by atoms with Gasteiger partial charge in [0.1, 0.15) is 6.26 Å². The minimum Gasteiger partial charge on any atom is -0.472 e. The van der Waals surface area contributed by atoms with Crippen LogP contribution in [0.3, 0.4) is 0 Å². The maximum atomic E-state index is 12.3. The number of amides is 1. The van der Waals surface area contributed by atoms with Crippen molar-refractivity contribution in [3.8, 4) is 0 Å². The lowest BCUT2D eigenvalue weighted by molar-refractivity contribution is 0.0642. The molecule has 17 heavy (non-hydrogen) atoms. The Morgan fingerprint density at radius 2 is 2.29 bits per heavy atom. The van der Waals surface area contributed by atoms with Crippen LogP contribution >= 0.6 is 0 Å². The zero-order valence-electron chi connectivity index (χ0n) is 10.3. The van der Waals surface area contributed by atoms with Crippen molar-refractivity contribution in [2.24, 2.45) is 0 Å². The monoisotopic (exact) mass is 236 g/mol. The van der Waals surface area contributed by atoms with Crippen LogP contribution in [0.15, 0.2) is 23.0 Å². The van der Waals surface area contributed by atoms with Gasteiger partial charge in [0, 0.05) is 12.6 Å². The first-order chi connectivity index (χ1) is 8.33. The fraction of sp³-hybridized carbons (Fsp3) is 0.615. The fourth-order valence-electron chi connectivity index (χ4n) is 2.36. The van der Waals surface area contributed by atoms with E-state index in [1.807, 2.05) is 4.90 Å². The largest absolute Gasteiger partial charge is 0.472 e. The Morgan fingerprint density at radius 1 is 1.53 bits per heavy atom. The van der Waals surface area contributed by atoms with E-state index in [1.54, 1.807) is 12.3 Å². The average molecular weight is 236 g/mol. The molecule has 1 fully saturated rings. The van der Waals surface area contributed by atoms with E-state index in [-0.39, 0.29) is 5.91 Å². The third kappa shape index (κ3) is 2.88. The second kappa shape index (κ2) is 5.87. The minimum absolute atomic E-state index is 0.104. The summed E-state index contributed by atoms with van der Waals surface area (Å²) in [6.45, 7) is 4.94. The van der Waals surface area contributed by atoms with Crippen molar-refractivity contribution in [2.45, 2.75) is 32.2 Å². The smallest absolute Gasteiger partial charge is 0.257 e. The Hall–Kier alpha value is -1.29. The van der Waals surface area contributed by atoms with E-state index in [1.165, 1.54) is 6.26 Å². The van der Waals surface area contributed by atoms with E-state index in [0.717, 1.165) is 38.9 Å². The molecule has 0 saturated carbocycles. The molecular formula is C13H20N2O2. The normalized spacial score (nSPS) is 17.0. The highest BCUT2D eigenvalue weighted by Gasteiger charge is 2.25. The Labute approximate surface area is 102 Å². The van der Waals surface area contributed by atoms with Crippen LogP contribution in [0.4, 0.5) is 0 Å². The van der Waals surface area contributed by atoms with Gasteiger partial charge in [-0.15, -0.1) is 0 Å². The van der Waals surface area contributed by atoms with E-state index < -0.39 is 0 Å². The van der Waals surface area contributed by atoms with Crippen molar-refractivity contribution in [1.29, 1.82) is 0 Å². The lowest BCUT2D eigenvalue weighted by Gasteiger charge is -2.34. The topological polar surface area (TPSA) is 45.5 Å². The minimum atomic E-state index is 0.104. The molecule has 0 spiro atoms. The number of hydrogen-bond acceptors (Lipinski definition) is 3. The molecule has 0 unspecified atom stereocenters. The van der Waals surface area contributed by atoms with Crippen molar-refractivity contribution in [3.05, 3.63) is 24.2 Å². The molecule has 1 N–H and O–H groups in total. The summed E-state index contributed by atoms with van der Waals surface area (Å²) in [4.78, 5) is 14.3. The summed E-state index contributed by atoms with van der Waals surface area (Å²) in [6, 6.07) is 2.12. The zero-order valence-corrected chi connectivity index (χ0v) is 10.3. The zero-order chi connectivity index (χ0) is 12.1. The standard InChI is InChI=1S/C13H20N2O2/c1-2-8-15(12-3-6-14-7-4-12)13(16)11-5-9-17-10-11/h5,9-10,12,14H,2-4,6-8H2,1H3. The van der Waals surface area contributed by atoms with E-state index in [0.29, 0.717) is 11.6 Å². The lowest BCUT2D eigenvalue weighted by Crippen LogP contribution is -2.46. The second-order valence-electron chi connectivity index (χ2n) is 4.49. The van der Waals surface area contributed by atoms with Gasteiger partial charge >= 0.3 is 0 Å². The maximum Gasteiger partial charge on any atom is 0.257 e. The third-order valence-corrected chi connectivity index (χ3v) is 3.24. The van der Waals surface area contributed by atoms with Crippen LogP contribution in [0.5, 0.6) is 0 Å². The first-order valence-corrected chi connectivity index (χ1v) is 6.36. The summed E-state index contributed by atoms with van der Waals surface area (Å²) in [6.07, 6.45) is 6.17. The van der Waals surface area contributed by atoms with Gasteiger partial charge in [0.15, 0.2) is 0 Å². The molecule has 4 nitrogen and oxygen atoms in total. The Kier molecular flexibility index (Phi) is 4.20. The predicted octanol–water partition coefficient (Wildman–Crippen LogP) is 1.88. The number of hydrogen-bond donors (Lipinski definition) is 1. The van der Waals surface area contributed by atoms with Gasteiger partial charge in [-0.1, -0.05) is 6.92 Å². The van der Waals surface area contributed by atoms with Crippen LogP contribution in [0.1, 0.15) is 36.5 Å². The molecule has 0 atom stereocenters. The van der Waals surface area contributed by atoms with Gasteiger partial charge < -0.3 is 14.6 Å². The number of nitrogens with one attached hydrogen (secondary N) is 1. The van der Waals surface area contributed by atoms with Gasteiger partial charge in [-0.25, -0.2) is 0 Å². The van der Waals surface area contributed by atoms with Crippen LogP contribution in [-0.2, 0) is 0 Å². The maximum absolute atomic E-state index is 12.3. The van der Waals surface area contributed by atoms with Crippen LogP contribution in [0, 0.1) is 0 Å². The molecule has 0 bridgehead atoms. The summed E-state index contributed by atoms with van der Waals surface area (Å²) in [5.74, 6) is 0.104. The first kappa shape index (κ1) is 12.2. The molecule has 94 valence electrons. The number of rotatable bonds is 4. The van der Waals surface area contributed by atoms with Crippen LogP contribution in [0.2, 0.25) is 0 Å². The quantitative estimate of drug-likeness (QED) is 0.868. The van der Waals surface area contributed by atoms with Gasteiger partial charge in [-0.3, -0.25) is 4.79 Å². The van der Waals surface area contributed by atoms with Gasteiger partial charge in [0.05, 0.1) is 11.8 Å². The Bertz CT molecular complexity index is 342. The van der Waals surface area contributed by atoms with E-state index in [2.05, 4.69) is 12.2 Å². The molecular weight excluding hydrogens is 216 g/mol. The third-order valence-electron chi connectivity index (χ3n) is 3.24. The highest BCUT2D eigenvalue weighted by atomic mass is 16.3. The summed E-state index contributed by atoms with van der Waals surface area (Å²) in [5.41, 5.74) is 0.664. The Morgan fingerprint density at radius 3 is 2.88 bits per heavy atom. The molecule has 4 heteroatoms. The van der Waals surface area contributed by atoms with Gasteiger partial charge in [-0.2, -0.15) is 0 Å². The molecule has 1 aromatic heterocycles. The molecule has 2 rings (SSSR count). The Balaban J connectivity index is 2.07. The van der Waals surface area contributed by atoms with E-state index >= 15 is 0 Å². The number of furan rings is 1. The highest BCUT2D eigenvalue weighted by Crippen LogP contribution is 2.16. The van der Waals surface area contributed by atoms with E-state index in [4.69, 9.17) is 4.42 Å². The molecule has 1 aliphatic rings. The van der Waals surface area contributed by atoms with Crippen LogP contribution < -0.4 is 5.32 Å². The molecule has 0 aromatic carbocycles. The van der Waals surface area contributed by atoms with Crippen molar-refractivity contribution in [3.63, 3.8) is 0 Å². The van der Waals surface area contributed by atoms with E-state index in [9.17, 15) is 4.79 Å². The summed E-state index contributed by atoms with van der Waals surface area (Å²) in [5, 5.41) is 3.33. The van der Waals surface area contributed by atoms with Gasteiger partial charge in [0.25, 0.3) is 5.91 Å². The van der Waals surface area contributed by atoms with Gasteiger partial charge in [-0.05, 0) is 38.4 Å². The summed E-state index contributed by atoms with van der Waals surface area (Å²) in [7, 11) is 0. The fourth-order valence-corrected chi connectivity index (χ4v) is 2.36. The first-order valence-electron chi connectivity index (χ1n) is 6.36. The molecule has 0 aliphatic carbocycles. The molecule has 1 aromatic rings. The number of carbonyl (C=O) groups excluding carboxylic acids is 1. The van der Waals surface area contributed by atoms with Crippen molar-refractivity contribution < 1.29 is 9.21 Å². The van der Waals surface area contributed by atoms with Gasteiger partial charge in [0.2, 0.25) is 0 Å². The van der Waals surface area contributed by atoms with Crippen LogP contribution in [0.25, 0.3) is 0 Å². The van der Waals surface area contributed by atoms with Crippen molar-refractivity contribution in [1.82, 2.24) is 10.2 Å². The van der Waals surface area contributed by atoms with Crippen LogP contribution in [-0.4, -0.2) is 36.5 Å². The molecule has 2 heterocycles. The molecule has 0 radical (unpaired) electrons.